The molecule has 0 radical (unpaired) electrons. The minimum atomic E-state index is 0.110. The highest BCUT2D eigenvalue weighted by Gasteiger charge is 2.12. The third-order valence-corrected chi connectivity index (χ3v) is 4.63. The van der Waals surface area contributed by atoms with Crippen molar-refractivity contribution in [2.24, 2.45) is 0 Å². The maximum absolute atomic E-state index is 12.3. The number of benzene rings is 2. The van der Waals surface area contributed by atoms with Gasteiger partial charge in [0.15, 0.2) is 0 Å². The molecule has 0 aliphatic heterocycles. The molecule has 0 fully saturated rings. The quantitative estimate of drug-likeness (QED) is 0.760. The van der Waals surface area contributed by atoms with Crippen molar-refractivity contribution in [2.45, 2.75) is 18.4 Å². The number of carbonyl (C=O) groups is 1. The second-order valence-corrected chi connectivity index (χ2v) is 6.13. The summed E-state index contributed by atoms with van der Waals surface area (Å²) in [6.45, 7) is 2.61. The first-order valence-electron chi connectivity index (χ1n) is 7.16. The van der Waals surface area contributed by atoms with E-state index in [-0.39, 0.29) is 5.91 Å². The van der Waals surface area contributed by atoms with E-state index < -0.39 is 0 Å². The normalized spacial score (nSPS) is 10.3. The number of para-hydroxylation sites is 1. The fraction of sp³-hybridized carbons (Fsp3) is 0.278. The number of rotatable bonds is 6. The first-order chi connectivity index (χ1) is 10.6. The van der Waals surface area contributed by atoms with Gasteiger partial charge in [0.25, 0.3) is 0 Å². The van der Waals surface area contributed by atoms with Crippen LogP contribution in [0, 0.1) is 6.92 Å². The molecule has 0 saturated heterocycles. The van der Waals surface area contributed by atoms with E-state index in [1.165, 1.54) is 5.56 Å². The largest absolute Gasteiger partial charge is 0.496 e. The number of methoxy groups -OCH3 is 1. The summed E-state index contributed by atoms with van der Waals surface area (Å²) in [5, 5.41) is 0. The second kappa shape index (κ2) is 7.90. The van der Waals surface area contributed by atoms with Gasteiger partial charge in [-0.2, -0.15) is 0 Å². The molecule has 2 aromatic carbocycles. The minimum Gasteiger partial charge on any atom is -0.496 e. The highest BCUT2D eigenvalue weighted by molar-refractivity contribution is 8.00. The number of nitrogens with zero attached hydrogens (tertiary/aromatic N) is 1. The molecule has 1 amide bonds. The average molecular weight is 315 g/mol. The molecule has 0 atom stereocenters. The zero-order valence-corrected chi connectivity index (χ0v) is 14.0. The first kappa shape index (κ1) is 16.4. The topological polar surface area (TPSA) is 29.5 Å². The van der Waals surface area contributed by atoms with Gasteiger partial charge in [0, 0.05) is 24.1 Å². The van der Waals surface area contributed by atoms with Crippen LogP contribution in [0.25, 0.3) is 0 Å². The molecule has 0 aromatic heterocycles. The van der Waals surface area contributed by atoms with Crippen molar-refractivity contribution >= 4 is 17.7 Å². The molecule has 4 heteroatoms. The summed E-state index contributed by atoms with van der Waals surface area (Å²) in [4.78, 5) is 15.2. The number of amides is 1. The number of thioether (sulfide) groups is 1. The van der Waals surface area contributed by atoms with Gasteiger partial charge in [-0.15, -0.1) is 11.8 Å². The summed E-state index contributed by atoms with van der Waals surface area (Å²) in [5.41, 5.74) is 2.22. The van der Waals surface area contributed by atoms with Crippen molar-refractivity contribution in [1.29, 1.82) is 0 Å². The van der Waals surface area contributed by atoms with Gasteiger partial charge < -0.3 is 9.64 Å². The molecule has 2 rings (SSSR count). The Bertz CT molecular complexity index is 642. The van der Waals surface area contributed by atoms with Gasteiger partial charge in [0.1, 0.15) is 5.75 Å². The number of aryl methyl sites for hydroxylation is 1. The molecular weight excluding hydrogens is 294 g/mol. The van der Waals surface area contributed by atoms with Crippen LogP contribution >= 0.6 is 11.8 Å². The van der Waals surface area contributed by atoms with Gasteiger partial charge in [-0.1, -0.05) is 36.4 Å². The van der Waals surface area contributed by atoms with Gasteiger partial charge in [-0.05, 0) is 24.6 Å². The molecule has 0 heterocycles. The number of hydrogen-bond donors (Lipinski definition) is 0. The second-order valence-electron chi connectivity index (χ2n) is 5.12. The maximum atomic E-state index is 12.3. The van der Waals surface area contributed by atoms with Gasteiger partial charge in [0.05, 0.1) is 12.9 Å². The Labute approximate surface area is 136 Å². The van der Waals surface area contributed by atoms with Crippen molar-refractivity contribution in [2.75, 3.05) is 19.9 Å². The van der Waals surface area contributed by atoms with Crippen LogP contribution in [0.1, 0.15) is 11.1 Å². The Morgan fingerprint density at radius 3 is 2.55 bits per heavy atom. The predicted octanol–water partition coefficient (Wildman–Crippen LogP) is 3.75. The monoisotopic (exact) mass is 315 g/mol. The molecule has 0 bridgehead atoms. The molecule has 0 N–H and O–H groups in total. The van der Waals surface area contributed by atoms with Gasteiger partial charge >= 0.3 is 0 Å². The van der Waals surface area contributed by atoms with Crippen molar-refractivity contribution < 1.29 is 9.53 Å². The molecule has 0 saturated carbocycles. The number of ether oxygens (including phenoxy) is 1. The molecule has 0 aliphatic rings. The fourth-order valence-electron chi connectivity index (χ4n) is 2.15. The summed E-state index contributed by atoms with van der Waals surface area (Å²) < 4.78 is 5.33. The Kier molecular flexibility index (Phi) is 5.90. The smallest absolute Gasteiger partial charge is 0.232 e. The van der Waals surface area contributed by atoms with Crippen LogP contribution in [0.5, 0.6) is 5.75 Å². The minimum absolute atomic E-state index is 0.110. The lowest BCUT2D eigenvalue weighted by Crippen LogP contribution is -2.28. The van der Waals surface area contributed by atoms with E-state index in [2.05, 4.69) is 13.0 Å². The van der Waals surface area contributed by atoms with Crippen LogP contribution in [0.15, 0.2) is 53.4 Å². The van der Waals surface area contributed by atoms with E-state index in [1.54, 1.807) is 23.8 Å². The summed E-state index contributed by atoms with van der Waals surface area (Å²) in [6, 6.07) is 15.9. The highest BCUT2D eigenvalue weighted by atomic mass is 32.2. The molecular formula is C18H21NO2S. The van der Waals surface area contributed by atoms with Crippen LogP contribution in [-0.2, 0) is 11.3 Å². The summed E-state index contributed by atoms with van der Waals surface area (Å²) in [6.07, 6.45) is 0. The van der Waals surface area contributed by atoms with Crippen LogP contribution in [0.2, 0.25) is 0 Å². The van der Waals surface area contributed by atoms with Crippen LogP contribution in [0.3, 0.4) is 0 Å². The third-order valence-electron chi connectivity index (χ3n) is 3.47. The zero-order valence-electron chi connectivity index (χ0n) is 13.2. The van der Waals surface area contributed by atoms with Gasteiger partial charge in [-0.3, -0.25) is 4.79 Å². The molecule has 0 unspecified atom stereocenters. The Balaban J connectivity index is 1.94. The van der Waals surface area contributed by atoms with Crippen molar-refractivity contribution in [3.63, 3.8) is 0 Å². The molecule has 0 spiro atoms. The molecule has 0 aliphatic carbocycles. The highest BCUT2D eigenvalue weighted by Crippen LogP contribution is 2.23. The Morgan fingerprint density at radius 2 is 1.82 bits per heavy atom. The van der Waals surface area contributed by atoms with E-state index in [0.717, 1.165) is 16.2 Å². The third kappa shape index (κ3) is 4.28. The molecule has 22 heavy (non-hydrogen) atoms. The van der Waals surface area contributed by atoms with E-state index in [4.69, 9.17) is 4.74 Å². The molecule has 3 nitrogen and oxygen atoms in total. The SMILES string of the molecule is COc1ccccc1CN(C)C(=O)CSc1ccccc1C. The Hall–Kier alpha value is -1.94. The standard InChI is InChI=1S/C18H21NO2S/c1-14-8-4-7-11-17(14)22-13-18(20)19(2)12-15-9-5-6-10-16(15)21-3/h4-11H,12-13H2,1-3H3. The molecule has 116 valence electrons. The lowest BCUT2D eigenvalue weighted by atomic mass is 10.2. The van der Waals surface area contributed by atoms with E-state index in [1.807, 2.05) is 49.5 Å². The van der Waals surface area contributed by atoms with Crippen molar-refractivity contribution in [1.82, 2.24) is 4.90 Å². The van der Waals surface area contributed by atoms with E-state index in [0.29, 0.717) is 12.3 Å². The van der Waals surface area contributed by atoms with Crippen LogP contribution in [0.4, 0.5) is 0 Å². The summed E-state index contributed by atoms with van der Waals surface area (Å²) in [7, 11) is 3.47. The number of hydrogen-bond acceptors (Lipinski definition) is 3. The fourth-order valence-corrected chi connectivity index (χ4v) is 3.12. The summed E-state index contributed by atoms with van der Waals surface area (Å²) in [5.74, 6) is 1.36. The van der Waals surface area contributed by atoms with E-state index >= 15 is 0 Å². The van der Waals surface area contributed by atoms with Crippen molar-refractivity contribution in [3.8, 4) is 5.75 Å². The lowest BCUT2D eigenvalue weighted by Gasteiger charge is -2.19. The first-order valence-corrected chi connectivity index (χ1v) is 8.14. The average Bonchev–Trinajstić information content (AvgIpc) is 2.54. The van der Waals surface area contributed by atoms with Crippen LogP contribution < -0.4 is 4.74 Å². The Morgan fingerprint density at radius 1 is 1.14 bits per heavy atom. The number of carbonyl (C=O) groups excluding carboxylic acids is 1. The van der Waals surface area contributed by atoms with Crippen molar-refractivity contribution in [3.05, 3.63) is 59.7 Å². The van der Waals surface area contributed by atoms with E-state index in [9.17, 15) is 4.79 Å². The maximum Gasteiger partial charge on any atom is 0.232 e. The van der Waals surface area contributed by atoms with Gasteiger partial charge in [-0.25, -0.2) is 0 Å². The van der Waals surface area contributed by atoms with Gasteiger partial charge in [0.2, 0.25) is 5.91 Å². The zero-order chi connectivity index (χ0) is 15.9. The lowest BCUT2D eigenvalue weighted by molar-refractivity contribution is -0.127. The molecule has 2 aromatic rings. The summed E-state index contributed by atoms with van der Waals surface area (Å²) >= 11 is 1.58. The van der Waals surface area contributed by atoms with Crippen LogP contribution in [-0.4, -0.2) is 30.7 Å². The predicted molar refractivity (Wildman–Crippen MR) is 91.4 cm³/mol.